The summed E-state index contributed by atoms with van der Waals surface area (Å²) in [5.41, 5.74) is 4.41. The third-order valence-electron chi connectivity index (χ3n) is 3.35. The van der Waals surface area contributed by atoms with Crippen molar-refractivity contribution < 1.29 is 4.79 Å². The zero-order chi connectivity index (χ0) is 12.5. The van der Waals surface area contributed by atoms with Crippen LogP contribution in [-0.2, 0) is 13.1 Å². The van der Waals surface area contributed by atoms with Crippen molar-refractivity contribution in [2.75, 3.05) is 0 Å². The first-order valence-corrected chi connectivity index (χ1v) is 6.17. The van der Waals surface area contributed by atoms with Gasteiger partial charge in [-0.05, 0) is 24.1 Å². The van der Waals surface area contributed by atoms with Crippen molar-refractivity contribution >= 4 is 5.91 Å². The molecule has 1 aliphatic heterocycles. The molecule has 90 valence electrons. The molecule has 1 heterocycles. The molecule has 0 aliphatic carbocycles. The minimum absolute atomic E-state index is 0.145. The summed E-state index contributed by atoms with van der Waals surface area (Å²) in [6, 6.07) is 16.2. The van der Waals surface area contributed by atoms with E-state index in [1.807, 2.05) is 35.2 Å². The van der Waals surface area contributed by atoms with Gasteiger partial charge in [0.2, 0.25) is 0 Å². The van der Waals surface area contributed by atoms with Crippen LogP contribution in [0.5, 0.6) is 0 Å². The molecule has 0 aromatic heterocycles. The molecule has 0 fully saturated rings. The second-order valence-electron chi connectivity index (χ2n) is 4.81. The Morgan fingerprint density at radius 3 is 2.72 bits per heavy atom. The van der Waals surface area contributed by atoms with Crippen LogP contribution in [0.1, 0.15) is 27.0 Å². The van der Waals surface area contributed by atoms with E-state index in [2.05, 4.69) is 25.1 Å². The summed E-state index contributed by atoms with van der Waals surface area (Å²) in [6.07, 6.45) is 0. The molecule has 0 radical (unpaired) electrons. The first-order valence-electron chi connectivity index (χ1n) is 6.17. The van der Waals surface area contributed by atoms with Crippen LogP contribution >= 0.6 is 0 Å². The standard InChI is InChI=1S/C16H15NO/c1-12-5-4-6-13(9-12)10-17-11-14-7-2-3-8-15(14)16(17)18/h2-9H,10-11H2,1H3. The van der Waals surface area contributed by atoms with E-state index < -0.39 is 0 Å². The Labute approximate surface area is 107 Å². The van der Waals surface area contributed by atoms with Gasteiger partial charge < -0.3 is 4.90 Å². The molecule has 3 rings (SSSR count). The summed E-state index contributed by atoms with van der Waals surface area (Å²) in [5.74, 6) is 0.145. The van der Waals surface area contributed by atoms with E-state index in [9.17, 15) is 4.79 Å². The van der Waals surface area contributed by atoms with Crippen molar-refractivity contribution in [2.24, 2.45) is 0 Å². The largest absolute Gasteiger partial charge is 0.330 e. The molecule has 0 bridgehead atoms. The van der Waals surface area contributed by atoms with E-state index in [1.54, 1.807) is 0 Å². The molecule has 0 unspecified atom stereocenters. The monoisotopic (exact) mass is 237 g/mol. The first kappa shape index (κ1) is 11.0. The number of hydrogen-bond donors (Lipinski definition) is 0. The fourth-order valence-electron chi connectivity index (χ4n) is 2.47. The topological polar surface area (TPSA) is 20.3 Å². The Morgan fingerprint density at radius 1 is 1.11 bits per heavy atom. The molecule has 2 nitrogen and oxygen atoms in total. The van der Waals surface area contributed by atoms with Gasteiger partial charge in [0.1, 0.15) is 0 Å². The van der Waals surface area contributed by atoms with Crippen LogP contribution in [0.3, 0.4) is 0 Å². The van der Waals surface area contributed by atoms with E-state index in [0.29, 0.717) is 6.54 Å². The lowest BCUT2D eigenvalue weighted by atomic mass is 10.1. The minimum Gasteiger partial charge on any atom is -0.330 e. The van der Waals surface area contributed by atoms with Crippen molar-refractivity contribution in [3.8, 4) is 0 Å². The summed E-state index contributed by atoms with van der Waals surface area (Å²) >= 11 is 0. The van der Waals surface area contributed by atoms with Gasteiger partial charge >= 0.3 is 0 Å². The van der Waals surface area contributed by atoms with Gasteiger partial charge in [-0.3, -0.25) is 4.79 Å². The van der Waals surface area contributed by atoms with Crippen molar-refractivity contribution in [3.05, 3.63) is 70.8 Å². The zero-order valence-corrected chi connectivity index (χ0v) is 10.4. The van der Waals surface area contributed by atoms with Gasteiger partial charge in [-0.25, -0.2) is 0 Å². The van der Waals surface area contributed by atoms with Gasteiger partial charge in [-0.15, -0.1) is 0 Å². The predicted octanol–water partition coefficient (Wildman–Crippen LogP) is 3.15. The molecule has 1 amide bonds. The van der Waals surface area contributed by atoms with Crippen LogP contribution in [0.4, 0.5) is 0 Å². The van der Waals surface area contributed by atoms with Crippen LogP contribution in [0.2, 0.25) is 0 Å². The highest BCUT2D eigenvalue weighted by Gasteiger charge is 2.26. The summed E-state index contributed by atoms with van der Waals surface area (Å²) in [6.45, 7) is 3.49. The first-order chi connectivity index (χ1) is 8.74. The summed E-state index contributed by atoms with van der Waals surface area (Å²) in [5, 5.41) is 0. The quantitative estimate of drug-likeness (QED) is 0.785. The van der Waals surface area contributed by atoms with E-state index in [0.717, 1.165) is 17.7 Å². The number of fused-ring (bicyclic) bond motifs is 1. The molecular formula is C16H15NO. The van der Waals surface area contributed by atoms with Gasteiger partial charge in [0, 0.05) is 18.7 Å². The molecule has 18 heavy (non-hydrogen) atoms. The predicted molar refractivity (Wildman–Crippen MR) is 71.2 cm³/mol. The highest BCUT2D eigenvalue weighted by molar-refractivity contribution is 5.98. The lowest BCUT2D eigenvalue weighted by Gasteiger charge is -2.15. The average Bonchev–Trinajstić information content (AvgIpc) is 2.67. The van der Waals surface area contributed by atoms with Crippen molar-refractivity contribution in [1.29, 1.82) is 0 Å². The Hall–Kier alpha value is -2.09. The van der Waals surface area contributed by atoms with Crippen molar-refractivity contribution in [2.45, 2.75) is 20.0 Å². The van der Waals surface area contributed by atoms with Crippen LogP contribution in [0.15, 0.2) is 48.5 Å². The maximum absolute atomic E-state index is 12.2. The highest BCUT2D eigenvalue weighted by Crippen LogP contribution is 2.24. The molecule has 0 saturated carbocycles. The zero-order valence-electron chi connectivity index (χ0n) is 10.4. The molecule has 0 spiro atoms. The number of benzene rings is 2. The number of carbonyl (C=O) groups is 1. The second-order valence-corrected chi connectivity index (χ2v) is 4.81. The van der Waals surface area contributed by atoms with E-state index in [4.69, 9.17) is 0 Å². The van der Waals surface area contributed by atoms with Gasteiger partial charge in [0.15, 0.2) is 0 Å². The van der Waals surface area contributed by atoms with Crippen LogP contribution in [-0.4, -0.2) is 10.8 Å². The smallest absolute Gasteiger partial charge is 0.254 e. The Balaban J connectivity index is 1.83. The summed E-state index contributed by atoms with van der Waals surface area (Å²) in [4.78, 5) is 14.1. The lowest BCUT2D eigenvalue weighted by Crippen LogP contribution is -2.23. The molecule has 0 N–H and O–H groups in total. The number of amides is 1. The third kappa shape index (κ3) is 1.90. The van der Waals surface area contributed by atoms with Crippen LogP contribution < -0.4 is 0 Å². The lowest BCUT2D eigenvalue weighted by molar-refractivity contribution is 0.0766. The SMILES string of the molecule is Cc1cccc(CN2Cc3ccccc3C2=O)c1. The minimum atomic E-state index is 0.145. The number of hydrogen-bond acceptors (Lipinski definition) is 1. The molecule has 0 atom stereocenters. The fraction of sp³-hybridized carbons (Fsp3) is 0.188. The van der Waals surface area contributed by atoms with Crippen molar-refractivity contribution in [3.63, 3.8) is 0 Å². The number of aryl methyl sites for hydroxylation is 1. The number of rotatable bonds is 2. The van der Waals surface area contributed by atoms with E-state index in [-0.39, 0.29) is 5.91 Å². The van der Waals surface area contributed by atoms with E-state index in [1.165, 1.54) is 11.1 Å². The van der Waals surface area contributed by atoms with Crippen molar-refractivity contribution in [1.82, 2.24) is 4.90 Å². The molecule has 2 aromatic rings. The maximum atomic E-state index is 12.2. The molecule has 0 saturated heterocycles. The Kier molecular flexibility index (Phi) is 2.63. The fourth-order valence-corrected chi connectivity index (χ4v) is 2.47. The second kappa shape index (κ2) is 4.30. The van der Waals surface area contributed by atoms with Gasteiger partial charge in [-0.1, -0.05) is 48.0 Å². The molecule has 2 aromatic carbocycles. The molecule has 1 aliphatic rings. The molecule has 2 heteroatoms. The summed E-state index contributed by atoms with van der Waals surface area (Å²) in [7, 11) is 0. The summed E-state index contributed by atoms with van der Waals surface area (Å²) < 4.78 is 0. The maximum Gasteiger partial charge on any atom is 0.254 e. The normalized spacial score (nSPS) is 13.8. The van der Waals surface area contributed by atoms with E-state index >= 15 is 0 Å². The number of carbonyl (C=O) groups excluding carboxylic acids is 1. The van der Waals surface area contributed by atoms with Crippen LogP contribution in [0, 0.1) is 6.92 Å². The Bertz CT molecular complexity index is 604. The van der Waals surface area contributed by atoms with Gasteiger partial charge in [0.25, 0.3) is 5.91 Å². The van der Waals surface area contributed by atoms with Gasteiger partial charge in [-0.2, -0.15) is 0 Å². The van der Waals surface area contributed by atoms with Gasteiger partial charge in [0.05, 0.1) is 0 Å². The number of nitrogens with zero attached hydrogens (tertiary/aromatic N) is 1. The Morgan fingerprint density at radius 2 is 1.94 bits per heavy atom. The third-order valence-corrected chi connectivity index (χ3v) is 3.35. The highest BCUT2D eigenvalue weighted by atomic mass is 16.2. The molecular weight excluding hydrogens is 222 g/mol. The average molecular weight is 237 g/mol. The van der Waals surface area contributed by atoms with Crippen LogP contribution in [0.25, 0.3) is 0 Å².